The topological polar surface area (TPSA) is 50.9 Å². The Bertz CT molecular complexity index is 357. The smallest absolute Gasteiger partial charge is 0.140 e. The molecule has 0 atom stereocenters. The van der Waals surface area contributed by atoms with Gasteiger partial charge in [-0.25, -0.2) is 4.98 Å². The van der Waals surface area contributed by atoms with Crippen LogP contribution in [-0.4, -0.2) is 11.5 Å². The van der Waals surface area contributed by atoms with Gasteiger partial charge in [0.1, 0.15) is 5.82 Å². The Morgan fingerprint density at radius 3 is 3.00 bits per heavy atom. The fraction of sp³-hybridized carbons (Fsp3) is 0.364. The van der Waals surface area contributed by atoms with Crippen LogP contribution in [-0.2, 0) is 0 Å². The number of nitrogens with zero attached hydrogens (tertiary/aromatic N) is 1. The molecule has 0 saturated heterocycles. The van der Waals surface area contributed by atoms with E-state index in [1.807, 2.05) is 6.07 Å². The highest BCUT2D eigenvalue weighted by molar-refractivity contribution is 9.10. The molecule has 0 spiro atoms. The lowest BCUT2D eigenvalue weighted by Gasteiger charge is -2.07. The molecule has 1 rings (SSSR count). The molecule has 0 aliphatic heterocycles. The van der Waals surface area contributed by atoms with E-state index >= 15 is 0 Å². The summed E-state index contributed by atoms with van der Waals surface area (Å²) in [6, 6.07) is 1.83. The van der Waals surface area contributed by atoms with E-state index in [0.717, 1.165) is 36.1 Å². The number of hydrogen-bond donors (Lipinski definition) is 2. The number of hydrogen-bond acceptors (Lipinski definition) is 3. The summed E-state index contributed by atoms with van der Waals surface area (Å²) in [5.41, 5.74) is 6.23. The number of halogens is 1. The highest BCUT2D eigenvalue weighted by atomic mass is 79.9. The standard InChI is InChI=1S/C11H14BrN3/c1-2-3-4-5-6-14-11-10(12)7-9(13)8-15-11/h1,7-8H,3-6,13H2,(H,14,15). The molecule has 0 aromatic carbocycles. The van der Waals surface area contributed by atoms with Crippen LogP contribution in [0, 0.1) is 12.3 Å². The number of nitrogens with one attached hydrogen (secondary N) is 1. The van der Waals surface area contributed by atoms with E-state index in [0.29, 0.717) is 5.69 Å². The van der Waals surface area contributed by atoms with Gasteiger partial charge in [-0.1, -0.05) is 0 Å². The molecular weight excluding hydrogens is 254 g/mol. The van der Waals surface area contributed by atoms with Gasteiger partial charge in [-0.15, -0.1) is 12.3 Å². The van der Waals surface area contributed by atoms with Crippen LogP contribution in [0.5, 0.6) is 0 Å². The summed E-state index contributed by atoms with van der Waals surface area (Å²) in [6.45, 7) is 0.872. The van der Waals surface area contributed by atoms with E-state index in [4.69, 9.17) is 12.2 Å². The number of pyridine rings is 1. The molecule has 0 aliphatic carbocycles. The molecule has 1 heterocycles. The second kappa shape index (κ2) is 6.31. The molecule has 0 aliphatic rings. The van der Waals surface area contributed by atoms with Crippen LogP contribution in [0.15, 0.2) is 16.7 Å². The molecule has 3 nitrogen and oxygen atoms in total. The molecule has 0 amide bonds. The molecule has 1 aromatic heterocycles. The van der Waals surface area contributed by atoms with Crippen molar-refractivity contribution in [3.8, 4) is 12.3 Å². The first kappa shape index (κ1) is 11.9. The van der Waals surface area contributed by atoms with Gasteiger partial charge < -0.3 is 11.1 Å². The van der Waals surface area contributed by atoms with E-state index in [2.05, 4.69) is 32.2 Å². The Kier molecular flexibility index (Phi) is 4.99. The van der Waals surface area contributed by atoms with E-state index in [1.165, 1.54) is 0 Å². The normalized spacial score (nSPS) is 9.60. The minimum atomic E-state index is 0.653. The summed E-state index contributed by atoms with van der Waals surface area (Å²) >= 11 is 3.39. The minimum absolute atomic E-state index is 0.653. The molecule has 15 heavy (non-hydrogen) atoms. The fourth-order valence-corrected chi connectivity index (χ4v) is 1.65. The first-order valence-corrected chi connectivity index (χ1v) is 5.61. The molecule has 0 saturated carbocycles. The van der Waals surface area contributed by atoms with Crippen molar-refractivity contribution in [2.24, 2.45) is 0 Å². The molecule has 4 heteroatoms. The van der Waals surface area contributed by atoms with Crippen LogP contribution in [0.1, 0.15) is 19.3 Å². The van der Waals surface area contributed by atoms with Crippen molar-refractivity contribution >= 4 is 27.4 Å². The van der Waals surface area contributed by atoms with Crippen molar-refractivity contribution in [3.05, 3.63) is 16.7 Å². The Morgan fingerprint density at radius 2 is 2.33 bits per heavy atom. The summed E-state index contributed by atoms with van der Waals surface area (Å²) in [5, 5.41) is 3.22. The van der Waals surface area contributed by atoms with Gasteiger partial charge in [-0.3, -0.25) is 0 Å². The molecular formula is C11H14BrN3. The SMILES string of the molecule is C#CCCCCNc1ncc(N)cc1Br. The van der Waals surface area contributed by atoms with Crippen LogP contribution in [0.4, 0.5) is 11.5 Å². The Morgan fingerprint density at radius 1 is 1.53 bits per heavy atom. The molecule has 0 unspecified atom stereocenters. The molecule has 0 bridgehead atoms. The van der Waals surface area contributed by atoms with Gasteiger partial charge in [0, 0.05) is 13.0 Å². The summed E-state index contributed by atoms with van der Waals surface area (Å²) in [7, 11) is 0. The molecule has 0 fully saturated rings. The monoisotopic (exact) mass is 267 g/mol. The quantitative estimate of drug-likeness (QED) is 0.637. The van der Waals surface area contributed by atoms with Gasteiger partial charge in [0.2, 0.25) is 0 Å². The zero-order valence-corrected chi connectivity index (χ0v) is 10.0. The van der Waals surface area contributed by atoms with E-state index in [-0.39, 0.29) is 0 Å². The van der Waals surface area contributed by atoms with Crippen molar-refractivity contribution in [2.75, 3.05) is 17.6 Å². The Balaban J connectivity index is 2.35. The predicted octanol–water partition coefficient (Wildman–Crippen LogP) is 2.64. The van der Waals surface area contributed by atoms with Crippen molar-refractivity contribution in [1.29, 1.82) is 0 Å². The zero-order valence-electron chi connectivity index (χ0n) is 8.46. The summed E-state index contributed by atoms with van der Waals surface area (Å²) in [4.78, 5) is 4.17. The van der Waals surface area contributed by atoms with Gasteiger partial charge in [0.05, 0.1) is 16.4 Å². The Hall–Kier alpha value is -1.21. The van der Waals surface area contributed by atoms with Crippen LogP contribution in [0.2, 0.25) is 0 Å². The maximum atomic E-state index is 5.58. The molecule has 80 valence electrons. The first-order valence-electron chi connectivity index (χ1n) is 4.82. The van der Waals surface area contributed by atoms with Crippen molar-refractivity contribution in [3.63, 3.8) is 0 Å². The van der Waals surface area contributed by atoms with Crippen LogP contribution in [0.3, 0.4) is 0 Å². The number of rotatable bonds is 5. The maximum absolute atomic E-state index is 5.58. The van der Waals surface area contributed by atoms with Gasteiger partial charge in [-0.2, -0.15) is 0 Å². The summed E-state index contributed by atoms with van der Waals surface area (Å²) in [5.74, 6) is 3.44. The lowest BCUT2D eigenvalue weighted by Crippen LogP contribution is -2.04. The van der Waals surface area contributed by atoms with Gasteiger partial charge in [-0.05, 0) is 34.8 Å². The lowest BCUT2D eigenvalue weighted by atomic mass is 10.2. The second-order valence-corrected chi connectivity index (χ2v) is 4.04. The first-order chi connectivity index (χ1) is 7.24. The number of nitrogens with two attached hydrogens (primary N) is 1. The third-order valence-corrected chi connectivity index (χ3v) is 2.51. The van der Waals surface area contributed by atoms with Crippen LogP contribution in [0.25, 0.3) is 0 Å². The van der Waals surface area contributed by atoms with E-state index < -0.39 is 0 Å². The summed E-state index contributed by atoms with van der Waals surface area (Å²) in [6.07, 6.45) is 9.71. The average molecular weight is 268 g/mol. The fourth-order valence-electron chi connectivity index (χ4n) is 1.14. The highest BCUT2D eigenvalue weighted by Crippen LogP contribution is 2.21. The maximum Gasteiger partial charge on any atom is 0.140 e. The number of aromatic nitrogens is 1. The molecule has 0 radical (unpaired) electrons. The van der Waals surface area contributed by atoms with Crippen LogP contribution < -0.4 is 11.1 Å². The number of nitrogen functional groups attached to an aromatic ring is 1. The van der Waals surface area contributed by atoms with Crippen molar-refractivity contribution in [2.45, 2.75) is 19.3 Å². The van der Waals surface area contributed by atoms with Gasteiger partial charge in [0.15, 0.2) is 0 Å². The molecule has 1 aromatic rings. The van der Waals surface area contributed by atoms with Gasteiger partial charge >= 0.3 is 0 Å². The number of unbranched alkanes of at least 4 members (excludes halogenated alkanes) is 2. The summed E-state index contributed by atoms with van der Waals surface area (Å²) < 4.78 is 0.888. The van der Waals surface area contributed by atoms with E-state index in [1.54, 1.807) is 6.20 Å². The minimum Gasteiger partial charge on any atom is -0.397 e. The average Bonchev–Trinajstić information content (AvgIpc) is 2.20. The van der Waals surface area contributed by atoms with Crippen molar-refractivity contribution < 1.29 is 0 Å². The number of anilines is 2. The second-order valence-electron chi connectivity index (χ2n) is 3.19. The molecule has 3 N–H and O–H groups in total. The third-order valence-electron chi connectivity index (χ3n) is 1.90. The predicted molar refractivity (Wildman–Crippen MR) is 67.5 cm³/mol. The highest BCUT2D eigenvalue weighted by Gasteiger charge is 2.00. The zero-order chi connectivity index (χ0) is 11.1. The van der Waals surface area contributed by atoms with Gasteiger partial charge in [0.25, 0.3) is 0 Å². The number of terminal acetylenes is 1. The third kappa shape index (κ3) is 4.22. The Labute approximate surface area is 98.6 Å². The lowest BCUT2D eigenvalue weighted by molar-refractivity contribution is 0.787. The van der Waals surface area contributed by atoms with E-state index in [9.17, 15) is 0 Å². The largest absolute Gasteiger partial charge is 0.397 e. The van der Waals surface area contributed by atoms with Crippen molar-refractivity contribution in [1.82, 2.24) is 4.98 Å². The van der Waals surface area contributed by atoms with Crippen LogP contribution >= 0.6 is 15.9 Å².